The summed E-state index contributed by atoms with van der Waals surface area (Å²) in [5.74, 6) is 1.50. The maximum absolute atomic E-state index is 9.42. The standard InChI is InChI=1S/C26H35N4O/c1-16-6-7-17(2)30(16)13-4-5-22-18(3)28-23(25(22)20-10-11-20)15-21-12-14-31-26(29-27)24(21)19-8-9-19/h12,14-17,19-20,28H,4-11,13H2,1-3H3. The van der Waals surface area contributed by atoms with Gasteiger partial charge in [-0.05, 0) is 125 Å². The number of rotatable bonds is 8. The lowest BCUT2D eigenvalue weighted by Crippen LogP contribution is -2.33. The SMILES string of the molecule is Cc1[nH]c(C=C2C=COC(N=[N])=C2C2CC2)c(C2CC2)c1CCCN1C(C)CCC1C. The minimum absolute atomic E-state index is 0.363. The average molecular weight is 420 g/mol. The van der Waals surface area contributed by atoms with Crippen molar-refractivity contribution in [2.45, 2.75) is 90.1 Å². The van der Waals surface area contributed by atoms with E-state index in [4.69, 9.17) is 4.74 Å². The third kappa shape index (κ3) is 4.17. The van der Waals surface area contributed by atoms with Crippen LogP contribution < -0.4 is 5.53 Å². The molecule has 1 radical (unpaired) electrons. The van der Waals surface area contributed by atoms with Gasteiger partial charge in [0.15, 0.2) is 0 Å². The van der Waals surface area contributed by atoms with Gasteiger partial charge < -0.3 is 9.72 Å². The van der Waals surface area contributed by atoms with E-state index in [2.05, 4.69) is 41.8 Å². The molecule has 5 nitrogen and oxygen atoms in total. The van der Waals surface area contributed by atoms with Crippen LogP contribution >= 0.6 is 0 Å². The molecule has 2 aliphatic heterocycles. The lowest BCUT2D eigenvalue weighted by atomic mass is 9.95. The molecule has 0 bridgehead atoms. The Balaban J connectivity index is 1.40. The van der Waals surface area contributed by atoms with Crippen LogP contribution in [0.25, 0.3) is 6.08 Å². The summed E-state index contributed by atoms with van der Waals surface area (Å²) >= 11 is 0. The van der Waals surface area contributed by atoms with Gasteiger partial charge in [0.05, 0.1) is 6.26 Å². The Morgan fingerprint density at radius 1 is 1.13 bits per heavy atom. The van der Waals surface area contributed by atoms with Crippen LogP contribution in [0.1, 0.15) is 87.2 Å². The van der Waals surface area contributed by atoms with Crippen molar-refractivity contribution in [3.63, 3.8) is 0 Å². The van der Waals surface area contributed by atoms with E-state index in [1.54, 1.807) is 6.26 Å². The van der Waals surface area contributed by atoms with E-state index >= 15 is 0 Å². The Hall–Kier alpha value is -2.14. The molecule has 1 aromatic rings. The molecule has 2 saturated carbocycles. The average Bonchev–Trinajstić information content (AvgIpc) is 3.68. The summed E-state index contributed by atoms with van der Waals surface area (Å²) in [6.45, 7) is 8.19. The number of hydrogen-bond donors (Lipinski definition) is 1. The Morgan fingerprint density at radius 3 is 2.48 bits per heavy atom. The molecule has 1 aromatic heterocycles. The molecule has 3 fully saturated rings. The van der Waals surface area contributed by atoms with E-state index in [0.717, 1.165) is 42.5 Å². The van der Waals surface area contributed by atoms with Crippen molar-refractivity contribution < 1.29 is 4.74 Å². The largest absolute Gasteiger partial charge is 0.445 e. The number of allylic oxidation sites excluding steroid dienone is 3. The molecule has 5 heteroatoms. The van der Waals surface area contributed by atoms with Crippen molar-refractivity contribution >= 4 is 6.08 Å². The van der Waals surface area contributed by atoms with Crippen molar-refractivity contribution in [3.05, 3.63) is 51.9 Å². The topological polar surface area (TPSA) is 62.9 Å². The summed E-state index contributed by atoms with van der Waals surface area (Å²) in [6.07, 6.45) is 15.8. The van der Waals surface area contributed by atoms with Crippen molar-refractivity contribution in [2.75, 3.05) is 6.54 Å². The molecule has 2 aliphatic carbocycles. The minimum atomic E-state index is 0.363. The summed E-state index contributed by atoms with van der Waals surface area (Å²) in [4.78, 5) is 6.41. The molecule has 1 saturated heterocycles. The third-order valence-corrected chi connectivity index (χ3v) is 7.70. The number of likely N-dealkylation sites (tertiary alicyclic amines) is 1. The lowest BCUT2D eigenvalue weighted by Gasteiger charge is -2.25. The molecule has 2 unspecified atom stereocenters. The number of nitrogens with zero attached hydrogens (tertiary/aromatic N) is 3. The Bertz CT molecular complexity index is 935. The summed E-state index contributed by atoms with van der Waals surface area (Å²) < 4.78 is 5.47. The number of nitrogens with one attached hydrogen (secondary N) is 1. The van der Waals surface area contributed by atoms with E-state index in [0.29, 0.717) is 17.7 Å². The van der Waals surface area contributed by atoms with Crippen molar-refractivity contribution in [2.24, 2.45) is 11.0 Å². The summed E-state index contributed by atoms with van der Waals surface area (Å²) in [6, 6.07) is 1.45. The van der Waals surface area contributed by atoms with Crippen LogP contribution in [-0.4, -0.2) is 28.5 Å². The first-order valence-corrected chi connectivity index (χ1v) is 12.2. The highest BCUT2D eigenvalue weighted by molar-refractivity contribution is 5.67. The van der Waals surface area contributed by atoms with Gasteiger partial charge in [0, 0.05) is 29.0 Å². The second kappa shape index (κ2) is 8.42. The van der Waals surface area contributed by atoms with Crippen LogP contribution in [-0.2, 0) is 11.2 Å². The van der Waals surface area contributed by atoms with Gasteiger partial charge in [0.25, 0.3) is 0 Å². The molecular formula is C26H35N4O. The number of aromatic amines is 1. The lowest BCUT2D eigenvalue weighted by molar-refractivity contribution is 0.212. The summed E-state index contributed by atoms with van der Waals surface area (Å²) in [5, 5.41) is 3.42. The van der Waals surface area contributed by atoms with E-state index < -0.39 is 0 Å². The van der Waals surface area contributed by atoms with Crippen LogP contribution in [0.5, 0.6) is 0 Å². The van der Waals surface area contributed by atoms with E-state index in [9.17, 15) is 5.53 Å². The fourth-order valence-corrected chi connectivity index (χ4v) is 5.70. The van der Waals surface area contributed by atoms with Crippen LogP contribution in [0.3, 0.4) is 0 Å². The first-order valence-electron chi connectivity index (χ1n) is 12.2. The van der Waals surface area contributed by atoms with Crippen LogP contribution in [0, 0.1) is 12.8 Å². The molecule has 4 aliphatic rings. The van der Waals surface area contributed by atoms with Crippen LogP contribution in [0.4, 0.5) is 0 Å². The Labute approximate surface area is 186 Å². The van der Waals surface area contributed by atoms with Gasteiger partial charge >= 0.3 is 0 Å². The number of ether oxygens (including phenoxy) is 1. The van der Waals surface area contributed by atoms with E-state index in [1.165, 1.54) is 61.2 Å². The molecule has 0 spiro atoms. The normalized spacial score (nSPS) is 27.9. The van der Waals surface area contributed by atoms with Crippen molar-refractivity contribution in [1.29, 1.82) is 0 Å². The highest BCUT2D eigenvalue weighted by atomic mass is 16.5. The fraction of sp³-hybridized carbons (Fsp3) is 0.615. The Kier molecular flexibility index (Phi) is 5.63. The van der Waals surface area contributed by atoms with Gasteiger partial charge in [-0.15, -0.1) is 0 Å². The number of H-pyrrole nitrogens is 1. The molecule has 3 heterocycles. The molecule has 5 rings (SSSR count). The van der Waals surface area contributed by atoms with Gasteiger partial charge in [-0.3, -0.25) is 4.90 Å². The maximum Gasteiger partial charge on any atom is 0.244 e. The number of aromatic nitrogens is 1. The first kappa shape index (κ1) is 20.7. The molecule has 0 aromatic carbocycles. The zero-order chi connectivity index (χ0) is 21.5. The molecular weight excluding hydrogens is 384 g/mol. The van der Waals surface area contributed by atoms with E-state index in [-0.39, 0.29) is 0 Å². The van der Waals surface area contributed by atoms with Gasteiger partial charge in [-0.25, -0.2) is 0 Å². The summed E-state index contributed by atoms with van der Waals surface area (Å²) in [5.41, 5.74) is 17.2. The summed E-state index contributed by atoms with van der Waals surface area (Å²) in [7, 11) is 0. The molecule has 1 N–H and O–H groups in total. The quantitative estimate of drug-likeness (QED) is 0.541. The molecule has 2 atom stereocenters. The smallest absolute Gasteiger partial charge is 0.244 e. The second-order valence-electron chi connectivity index (χ2n) is 10.1. The molecule has 31 heavy (non-hydrogen) atoms. The highest BCUT2D eigenvalue weighted by Crippen LogP contribution is 2.47. The second-order valence-corrected chi connectivity index (χ2v) is 10.1. The molecule has 165 valence electrons. The van der Waals surface area contributed by atoms with Crippen molar-refractivity contribution in [3.8, 4) is 0 Å². The van der Waals surface area contributed by atoms with Gasteiger partial charge in [0.1, 0.15) is 0 Å². The van der Waals surface area contributed by atoms with Crippen LogP contribution in [0.15, 0.2) is 34.5 Å². The zero-order valence-corrected chi connectivity index (χ0v) is 19.2. The monoisotopic (exact) mass is 419 g/mol. The number of aryl methyl sites for hydroxylation is 1. The first-order chi connectivity index (χ1) is 15.1. The number of hydrogen-bond acceptors (Lipinski definition) is 3. The fourth-order valence-electron chi connectivity index (χ4n) is 5.70. The zero-order valence-electron chi connectivity index (χ0n) is 19.2. The predicted molar refractivity (Wildman–Crippen MR) is 123 cm³/mol. The third-order valence-electron chi connectivity index (χ3n) is 7.70. The van der Waals surface area contributed by atoms with Gasteiger partial charge in [-0.2, -0.15) is 0 Å². The maximum atomic E-state index is 9.42. The van der Waals surface area contributed by atoms with Crippen molar-refractivity contribution in [1.82, 2.24) is 15.4 Å². The van der Waals surface area contributed by atoms with E-state index in [1.807, 2.05) is 6.08 Å². The highest BCUT2D eigenvalue weighted by Gasteiger charge is 2.35. The minimum Gasteiger partial charge on any atom is -0.445 e. The Morgan fingerprint density at radius 2 is 1.84 bits per heavy atom. The van der Waals surface area contributed by atoms with Crippen LogP contribution in [0.2, 0.25) is 0 Å². The predicted octanol–water partition coefficient (Wildman–Crippen LogP) is 5.81. The molecule has 0 amide bonds. The van der Waals surface area contributed by atoms with Gasteiger partial charge in [0.2, 0.25) is 5.88 Å². The van der Waals surface area contributed by atoms with Gasteiger partial charge in [-0.1, -0.05) is 5.11 Å².